The fourth-order valence-electron chi connectivity index (χ4n) is 3.74. The molecule has 0 spiro atoms. The number of carbonyl (C=O) groups excluding carboxylic acids is 2. The third kappa shape index (κ3) is 5.76. The number of benzene rings is 1. The lowest BCUT2D eigenvalue weighted by atomic mass is 9.95. The van der Waals surface area contributed by atoms with E-state index in [2.05, 4.69) is 14.4 Å². The van der Waals surface area contributed by atoms with E-state index in [4.69, 9.17) is 18.7 Å². The van der Waals surface area contributed by atoms with Gasteiger partial charge >= 0.3 is 11.9 Å². The number of hydrogen-bond acceptors (Lipinski definition) is 8. The van der Waals surface area contributed by atoms with E-state index in [1.807, 2.05) is 13.0 Å². The van der Waals surface area contributed by atoms with Gasteiger partial charge in [0.25, 0.3) is 0 Å². The molecule has 1 unspecified atom stereocenters. The van der Waals surface area contributed by atoms with Gasteiger partial charge in [-0.2, -0.15) is 0 Å². The Morgan fingerprint density at radius 2 is 2.03 bits per heavy atom. The van der Waals surface area contributed by atoms with E-state index in [1.54, 1.807) is 6.92 Å². The van der Waals surface area contributed by atoms with Gasteiger partial charge in [0.15, 0.2) is 0 Å². The Balaban J connectivity index is 1.53. The maximum atomic E-state index is 12.1. The fourth-order valence-corrected chi connectivity index (χ4v) is 4.00. The number of nitrogens with zero attached hydrogens (tertiary/aromatic N) is 1. The van der Waals surface area contributed by atoms with Gasteiger partial charge in [-0.05, 0) is 32.3 Å². The van der Waals surface area contributed by atoms with Gasteiger partial charge in [0, 0.05) is 37.2 Å². The molecule has 170 valence electrons. The van der Waals surface area contributed by atoms with Crippen molar-refractivity contribution in [2.45, 2.75) is 39.7 Å². The lowest BCUT2D eigenvalue weighted by molar-refractivity contribution is -0.144. The predicted octanol–water partition coefficient (Wildman–Crippen LogP) is 2.68. The van der Waals surface area contributed by atoms with Crippen molar-refractivity contribution in [3.8, 4) is 11.5 Å². The zero-order chi connectivity index (χ0) is 22.4. The van der Waals surface area contributed by atoms with Crippen LogP contribution < -0.4 is 4.52 Å². The molecular formula is C22H30NO7P. The van der Waals surface area contributed by atoms with E-state index in [0.29, 0.717) is 53.9 Å². The smallest absolute Gasteiger partial charge is 0.342 e. The summed E-state index contributed by atoms with van der Waals surface area (Å²) in [5, 5.41) is 10.6. The number of morpholine rings is 1. The van der Waals surface area contributed by atoms with E-state index < -0.39 is 5.97 Å². The van der Waals surface area contributed by atoms with E-state index in [1.165, 1.54) is 0 Å². The van der Waals surface area contributed by atoms with Crippen LogP contribution in [0.25, 0.3) is 0 Å². The van der Waals surface area contributed by atoms with Crippen molar-refractivity contribution in [1.29, 1.82) is 0 Å². The Bertz CT molecular complexity index is 862. The summed E-state index contributed by atoms with van der Waals surface area (Å²) >= 11 is 0. The molecule has 9 heteroatoms. The van der Waals surface area contributed by atoms with Gasteiger partial charge < -0.3 is 23.8 Å². The SMILES string of the molecule is C/C(=C\Cc1c(O)c(C)c2c(c1OP)C(=O)OC2)CCC(=O)OCCN1CCOCC1. The lowest BCUT2D eigenvalue weighted by Crippen LogP contribution is -2.38. The fraction of sp³-hybridized carbons (Fsp3) is 0.545. The maximum Gasteiger partial charge on any atom is 0.342 e. The first-order valence-corrected chi connectivity index (χ1v) is 10.9. The summed E-state index contributed by atoms with van der Waals surface area (Å²) in [6.07, 6.45) is 3.14. The zero-order valence-corrected chi connectivity index (χ0v) is 19.2. The summed E-state index contributed by atoms with van der Waals surface area (Å²) in [6.45, 7) is 8.11. The first-order chi connectivity index (χ1) is 14.9. The summed E-state index contributed by atoms with van der Waals surface area (Å²) in [5.74, 6) is -0.260. The molecule has 0 radical (unpaired) electrons. The van der Waals surface area contributed by atoms with Gasteiger partial charge in [-0.25, -0.2) is 4.79 Å². The molecule has 3 rings (SSSR count). The molecule has 0 amide bonds. The third-order valence-corrected chi connectivity index (χ3v) is 5.95. The van der Waals surface area contributed by atoms with Gasteiger partial charge in [0.05, 0.1) is 22.7 Å². The molecule has 2 heterocycles. The molecule has 1 aromatic rings. The normalized spacial score (nSPS) is 16.7. The number of phenolic OH excluding ortho intramolecular Hbond substituents is 1. The van der Waals surface area contributed by atoms with Crippen molar-refractivity contribution in [3.05, 3.63) is 33.9 Å². The van der Waals surface area contributed by atoms with Gasteiger partial charge in [-0.15, -0.1) is 0 Å². The Labute approximate surface area is 184 Å². The summed E-state index contributed by atoms with van der Waals surface area (Å²) in [5.41, 5.74) is 3.16. The van der Waals surface area contributed by atoms with Crippen molar-refractivity contribution in [2.75, 3.05) is 39.5 Å². The summed E-state index contributed by atoms with van der Waals surface area (Å²) < 4.78 is 21.1. The largest absolute Gasteiger partial charge is 0.507 e. The molecular weight excluding hydrogens is 421 g/mol. The number of fused-ring (bicyclic) bond motifs is 1. The predicted molar refractivity (Wildman–Crippen MR) is 117 cm³/mol. The standard InChI is InChI=1S/C22H30NO7P/c1-14(4-6-18(24)28-12-9-23-7-10-27-11-8-23)3-5-16-20(25)15(2)17-13-29-22(26)19(17)21(16)30-31/h3,25H,4-13,31H2,1-2H3/b14-3+. The second kappa shape index (κ2) is 10.9. The number of cyclic esters (lactones) is 1. The summed E-state index contributed by atoms with van der Waals surface area (Å²) in [6, 6.07) is 0. The second-order valence-electron chi connectivity index (χ2n) is 7.76. The number of phenols is 1. The van der Waals surface area contributed by atoms with Crippen molar-refractivity contribution >= 4 is 21.4 Å². The van der Waals surface area contributed by atoms with Gasteiger partial charge in [0.1, 0.15) is 30.3 Å². The average molecular weight is 451 g/mol. The summed E-state index contributed by atoms with van der Waals surface area (Å²) in [7, 11) is 2.13. The Kier molecular flexibility index (Phi) is 8.29. The lowest BCUT2D eigenvalue weighted by Gasteiger charge is -2.26. The maximum absolute atomic E-state index is 12.1. The first kappa shape index (κ1) is 23.5. The highest BCUT2D eigenvalue weighted by Crippen LogP contribution is 2.42. The highest BCUT2D eigenvalue weighted by Gasteiger charge is 2.32. The molecule has 31 heavy (non-hydrogen) atoms. The number of aromatic hydroxyl groups is 1. The van der Waals surface area contributed by atoms with E-state index >= 15 is 0 Å². The second-order valence-corrected chi connectivity index (χ2v) is 7.99. The van der Waals surface area contributed by atoms with Crippen molar-refractivity contribution in [1.82, 2.24) is 4.90 Å². The van der Waals surface area contributed by atoms with Crippen LogP contribution in [0.5, 0.6) is 11.5 Å². The molecule has 1 aromatic carbocycles. The van der Waals surface area contributed by atoms with Crippen LogP contribution in [0.2, 0.25) is 0 Å². The number of esters is 2. The number of carbonyl (C=O) groups is 2. The monoisotopic (exact) mass is 451 g/mol. The number of hydrogen-bond donors (Lipinski definition) is 1. The number of rotatable bonds is 9. The first-order valence-electron chi connectivity index (χ1n) is 10.4. The molecule has 1 atom stereocenters. The molecule has 1 saturated heterocycles. The van der Waals surface area contributed by atoms with Crippen LogP contribution in [0.3, 0.4) is 0 Å². The van der Waals surface area contributed by atoms with Gasteiger partial charge in [0.2, 0.25) is 0 Å². The van der Waals surface area contributed by atoms with Crippen molar-refractivity contribution < 1.29 is 33.4 Å². The number of allylic oxidation sites excluding steroid dienone is 2. The zero-order valence-electron chi connectivity index (χ0n) is 18.1. The Hall–Kier alpha value is -2.15. The van der Waals surface area contributed by atoms with Crippen LogP contribution in [0, 0.1) is 6.92 Å². The molecule has 0 bridgehead atoms. The van der Waals surface area contributed by atoms with Crippen LogP contribution >= 0.6 is 9.47 Å². The topological polar surface area (TPSA) is 94.5 Å². The molecule has 2 aliphatic rings. The van der Waals surface area contributed by atoms with Crippen molar-refractivity contribution in [2.24, 2.45) is 0 Å². The van der Waals surface area contributed by atoms with Crippen LogP contribution in [0.1, 0.15) is 46.8 Å². The molecule has 0 saturated carbocycles. The minimum absolute atomic E-state index is 0.0982. The number of ether oxygens (including phenoxy) is 3. The van der Waals surface area contributed by atoms with Gasteiger partial charge in [-0.1, -0.05) is 11.6 Å². The molecule has 0 aliphatic carbocycles. The minimum Gasteiger partial charge on any atom is -0.507 e. The molecule has 1 fully saturated rings. The Morgan fingerprint density at radius 1 is 1.29 bits per heavy atom. The van der Waals surface area contributed by atoms with Crippen LogP contribution in [0.4, 0.5) is 0 Å². The minimum atomic E-state index is -0.447. The van der Waals surface area contributed by atoms with E-state index in [9.17, 15) is 14.7 Å². The highest BCUT2D eigenvalue weighted by molar-refractivity contribution is 7.10. The van der Waals surface area contributed by atoms with E-state index in [0.717, 1.165) is 38.4 Å². The highest BCUT2D eigenvalue weighted by atomic mass is 31.0. The average Bonchev–Trinajstić information content (AvgIpc) is 3.16. The summed E-state index contributed by atoms with van der Waals surface area (Å²) in [4.78, 5) is 26.3. The van der Waals surface area contributed by atoms with Crippen molar-refractivity contribution in [3.63, 3.8) is 0 Å². The molecule has 2 aliphatic heterocycles. The third-order valence-electron chi connectivity index (χ3n) is 5.72. The Morgan fingerprint density at radius 3 is 2.74 bits per heavy atom. The van der Waals surface area contributed by atoms with Gasteiger partial charge in [-0.3, -0.25) is 9.69 Å². The van der Waals surface area contributed by atoms with Crippen LogP contribution in [0.15, 0.2) is 11.6 Å². The molecule has 0 aromatic heterocycles. The molecule has 1 N–H and O–H groups in total. The quantitative estimate of drug-likeness (QED) is 0.348. The van der Waals surface area contributed by atoms with E-state index in [-0.39, 0.29) is 18.3 Å². The molecule has 8 nitrogen and oxygen atoms in total. The van der Waals surface area contributed by atoms with Crippen LogP contribution in [-0.2, 0) is 32.0 Å². The van der Waals surface area contributed by atoms with Crippen LogP contribution in [-0.4, -0.2) is 61.4 Å².